The summed E-state index contributed by atoms with van der Waals surface area (Å²) in [5, 5.41) is 5.66. The molecule has 33 heavy (non-hydrogen) atoms. The van der Waals surface area contributed by atoms with E-state index in [0.717, 1.165) is 19.6 Å². The first-order valence-electron chi connectivity index (χ1n) is 11.3. The molecule has 2 aromatic rings. The number of benzene rings is 1. The van der Waals surface area contributed by atoms with Crippen LogP contribution in [0.25, 0.3) is 11.6 Å². The highest BCUT2D eigenvalue weighted by Crippen LogP contribution is 2.34. The summed E-state index contributed by atoms with van der Waals surface area (Å²) >= 11 is 0. The highest BCUT2D eigenvalue weighted by atomic mass is 19.1. The van der Waals surface area contributed by atoms with E-state index in [9.17, 15) is 18.8 Å². The first kappa shape index (κ1) is 24.4. The van der Waals surface area contributed by atoms with E-state index in [2.05, 4.69) is 34.4 Å². The standard InChI is InChI=1S/C25H31FN4O3/c1-5-30(6-2)12-11-27-23(32)10-8-18-22(28-15(3)24(18)16(4)31)14-20-19-13-17(26)7-9-21(19)29-25(20)33/h7,9,13-14,28H,5-6,8,10-12H2,1-4H3,(H,27,32)(H,29,33)/b20-14-. The molecule has 0 fully saturated rings. The van der Waals surface area contributed by atoms with Gasteiger partial charge in [0, 0.05) is 47.7 Å². The quantitative estimate of drug-likeness (QED) is 0.378. The first-order chi connectivity index (χ1) is 15.7. The van der Waals surface area contributed by atoms with Crippen LogP contribution in [0.2, 0.25) is 0 Å². The van der Waals surface area contributed by atoms with E-state index in [4.69, 9.17) is 0 Å². The van der Waals surface area contributed by atoms with Crippen LogP contribution in [0.1, 0.15) is 60.1 Å². The Morgan fingerprint density at radius 3 is 2.61 bits per heavy atom. The van der Waals surface area contributed by atoms with Gasteiger partial charge in [-0.1, -0.05) is 13.8 Å². The molecule has 1 aromatic carbocycles. The molecule has 0 bridgehead atoms. The van der Waals surface area contributed by atoms with Crippen molar-refractivity contribution in [1.29, 1.82) is 0 Å². The van der Waals surface area contributed by atoms with Crippen molar-refractivity contribution in [2.75, 3.05) is 31.5 Å². The van der Waals surface area contributed by atoms with Crippen LogP contribution in [-0.4, -0.2) is 53.7 Å². The number of aromatic amines is 1. The van der Waals surface area contributed by atoms with Crippen molar-refractivity contribution in [2.24, 2.45) is 0 Å². The molecule has 3 N–H and O–H groups in total. The van der Waals surface area contributed by atoms with Gasteiger partial charge in [-0.3, -0.25) is 14.4 Å². The number of nitrogens with zero attached hydrogens (tertiary/aromatic N) is 1. The van der Waals surface area contributed by atoms with E-state index in [1.165, 1.54) is 25.1 Å². The molecule has 8 heteroatoms. The molecule has 1 aliphatic rings. The molecule has 1 aliphatic heterocycles. The number of carbonyl (C=O) groups excluding carboxylic acids is 3. The summed E-state index contributed by atoms with van der Waals surface area (Å²) < 4.78 is 13.8. The Balaban J connectivity index is 1.83. The lowest BCUT2D eigenvalue weighted by Crippen LogP contribution is -2.34. The minimum absolute atomic E-state index is 0.0971. The zero-order chi connectivity index (χ0) is 24.1. The highest BCUT2D eigenvalue weighted by Gasteiger charge is 2.26. The number of likely N-dealkylation sites (N-methyl/N-ethyl adjacent to an activating group) is 1. The van der Waals surface area contributed by atoms with Crippen LogP contribution in [0.4, 0.5) is 10.1 Å². The van der Waals surface area contributed by atoms with Crippen molar-refractivity contribution in [3.63, 3.8) is 0 Å². The Kier molecular flexibility index (Phi) is 7.81. The molecule has 176 valence electrons. The lowest BCUT2D eigenvalue weighted by Gasteiger charge is -2.17. The minimum Gasteiger partial charge on any atom is -0.358 e. The second kappa shape index (κ2) is 10.6. The third kappa shape index (κ3) is 5.57. The Labute approximate surface area is 193 Å². The van der Waals surface area contributed by atoms with E-state index < -0.39 is 5.82 Å². The summed E-state index contributed by atoms with van der Waals surface area (Å²) in [5.74, 6) is -0.995. The van der Waals surface area contributed by atoms with Crippen LogP contribution in [0, 0.1) is 12.7 Å². The van der Waals surface area contributed by atoms with Crippen molar-refractivity contribution in [3.8, 4) is 0 Å². The van der Waals surface area contributed by atoms with Gasteiger partial charge in [0.2, 0.25) is 5.91 Å². The topological polar surface area (TPSA) is 94.3 Å². The Morgan fingerprint density at radius 2 is 1.94 bits per heavy atom. The number of aromatic nitrogens is 1. The lowest BCUT2D eigenvalue weighted by atomic mass is 9.98. The van der Waals surface area contributed by atoms with Gasteiger partial charge in [0.15, 0.2) is 5.78 Å². The van der Waals surface area contributed by atoms with Crippen LogP contribution in [0.3, 0.4) is 0 Å². The van der Waals surface area contributed by atoms with Gasteiger partial charge in [-0.15, -0.1) is 0 Å². The van der Waals surface area contributed by atoms with E-state index in [1.54, 1.807) is 13.0 Å². The second-order valence-corrected chi connectivity index (χ2v) is 8.15. The molecular formula is C25H31FN4O3. The number of aryl methyl sites for hydroxylation is 1. The van der Waals surface area contributed by atoms with Gasteiger partial charge in [-0.05, 0) is 63.2 Å². The molecule has 3 rings (SSSR count). The number of Topliss-reactive ketones (excluding diaryl/α,β-unsaturated/α-hetero) is 1. The Bertz CT molecular complexity index is 1100. The molecule has 0 unspecified atom stereocenters. The maximum absolute atomic E-state index is 13.8. The summed E-state index contributed by atoms with van der Waals surface area (Å²) in [4.78, 5) is 42.7. The smallest absolute Gasteiger partial charge is 0.256 e. The fourth-order valence-corrected chi connectivity index (χ4v) is 4.23. The summed E-state index contributed by atoms with van der Waals surface area (Å²) in [7, 11) is 0. The Morgan fingerprint density at radius 1 is 1.21 bits per heavy atom. The van der Waals surface area contributed by atoms with E-state index in [1.807, 2.05) is 0 Å². The number of ketones is 1. The van der Waals surface area contributed by atoms with Crippen molar-refractivity contribution in [3.05, 3.63) is 52.1 Å². The molecule has 1 aromatic heterocycles. The van der Waals surface area contributed by atoms with E-state index in [0.29, 0.717) is 52.3 Å². The summed E-state index contributed by atoms with van der Waals surface area (Å²) in [6.45, 7) is 10.6. The molecule has 0 saturated heterocycles. The highest BCUT2D eigenvalue weighted by molar-refractivity contribution is 6.34. The maximum Gasteiger partial charge on any atom is 0.256 e. The fraction of sp³-hybridized carbons (Fsp3) is 0.400. The molecule has 2 amide bonds. The lowest BCUT2D eigenvalue weighted by molar-refractivity contribution is -0.121. The van der Waals surface area contributed by atoms with Crippen molar-refractivity contribution in [1.82, 2.24) is 15.2 Å². The zero-order valence-corrected chi connectivity index (χ0v) is 19.6. The fourth-order valence-electron chi connectivity index (χ4n) is 4.23. The average molecular weight is 455 g/mol. The molecule has 0 radical (unpaired) electrons. The number of anilines is 1. The number of nitrogens with one attached hydrogen (secondary N) is 3. The van der Waals surface area contributed by atoms with E-state index in [-0.39, 0.29) is 24.0 Å². The molecule has 0 aliphatic carbocycles. The van der Waals surface area contributed by atoms with Crippen LogP contribution in [-0.2, 0) is 16.0 Å². The van der Waals surface area contributed by atoms with Crippen molar-refractivity contribution in [2.45, 2.75) is 40.5 Å². The van der Waals surface area contributed by atoms with Crippen LogP contribution < -0.4 is 10.6 Å². The molecule has 2 heterocycles. The minimum atomic E-state index is -0.440. The van der Waals surface area contributed by atoms with Crippen molar-refractivity contribution < 1.29 is 18.8 Å². The maximum atomic E-state index is 13.8. The van der Waals surface area contributed by atoms with Gasteiger partial charge in [0.05, 0.1) is 5.57 Å². The molecule has 0 atom stereocenters. The number of amides is 2. The third-order valence-corrected chi connectivity index (χ3v) is 5.98. The third-order valence-electron chi connectivity index (χ3n) is 5.98. The molecule has 7 nitrogen and oxygen atoms in total. The number of fused-ring (bicyclic) bond motifs is 1. The number of rotatable bonds is 10. The second-order valence-electron chi connectivity index (χ2n) is 8.15. The summed E-state index contributed by atoms with van der Waals surface area (Å²) in [6.07, 6.45) is 2.18. The van der Waals surface area contributed by atoms with Crippen LogP contribution in [0.5, 0.6) is 0 Å². The molecular weight excluding hydrogens is 423 g/mol. The van der Waals surface area contributed by atoms with Crippen molar-refractivity contribution >= 4 is 34.9 Å². The van der Waals surface area contributed by atoms with Gasteiger partial charge >= 0.3 is 0 Å². The van der Waals surface area contributed by atoms with Gasteiger partial charge in [0.1, 0.15) is 5.82 Å². The van der Waals surface area contributed by atoms with Gasteiger partial charge in [-0.2, -0.15) is 0 Å². The first-order valence-corrected chi connectivity index (χ1v) is 11.3. The largest absolute Gasteiger partial charge is 0.358 e. The van der Waals surface area contributed by atoms with Crippen LogP contribution >= 0.6 is 0 Å². The van der Waals surface area contributed by atoms with Crippen LogP contribution in [0.15, 0.2) is 18.2 Å². The SMILES string of the molecule is CCN(CC)CCNC(=O)CCc1c(/C=C2\C(=O)Nc3ccc(F)cc32)[nH]c(C)c1C(C)=O. The Hall–Kier alpha value is -3.26. The predicted octanol–water partition coefficient (Wildman–Crippen LogP) is 3.55. The zero-order valence-electron chi connectivity index (χ0n) is 19.6. The normalized spacial score (nSPS) is 14.0. The average Bonchev–Trinajstić information content (AvgIpc) is 3.25. The number of hydrogen-bond acceptors (Lipinski definition) is 4. The number of H-pyrrole nitrogens is 1. The molecule has 0 spiro atoms. The van der Waals surface area contributed by atoms with Gasteiger partial charge in [0.25, 0.3) is 5.91 Å². The summed E-state index contributed by atoms with van der Waals surface area (Å²) in [5.41, 5.74) is 3.78. The number of carbonyl (C=O) groups is 3. The number of halogens is 1. The number of hydrogen-bond donors (Lipinski definition) is 3. The predicted molar refractivity (Wildman–Crippen MR) is 128 cm³/mol. The van der Waals surface area contributed by atoms with E-state index >= 15 is 0 Å². The van der Waals surface area contributed by atoms with Gasteiger partial charge < -0.3 is 20.5 Å². The monoisotopic (exact) mass is 454 g/mol. The molecule has 0 saturated carbocycles. The van der Waals surface area contributed by atoms with Gasteiger partial charge in [-0.25, -0.2) is 4.39 Å². The summed E-state index contributed by atoms with van der Waals surface area (Å²) in [6, 6.07) is 4.12.